The molecule has 0 saturated carbocycles. The summed E-state index contributed by atoms with van der Waals surface area (Å²) in [4.78, 5) is 7.57. The Hall–Kier alpha value is -0.627. The van der Waals surface area contributed by atoms with Gasteiger partial charge in [-0.2, -0.15) is 0 Å². The van der Waals surface area contributed by atoms with Gasteiger partial charge in [-0.25, -0.2) is 0 Å². The molecule has 0 aliphatic carbocycles. The molecule has 0 aliphatic rings. The van der Waals surface area contributed by atoms with Crippen molar-refractivity contribution in [2.75, 3.05) is 0 Å². The fraction of sp³-hybridized carbons (Fsp3) is 0.0769. The summed E-state index contributed by atoms with van der Waals surface area (Å²) < 4.78 is 1.84. The third-order valence-electron chi connectivity index (χ3n) is 1.29. The van der Waals surface area contributed by atoms with Crippen LogP contribution in [0.1, 0.15) is 6.92 Å². The van der Waals surface area contributed by atoms with Crippen LogP contribution in [0.3, 0.4) is 0 Å². The van der Waals surface area contributed by atoms with Crippen molar-refractivity contribution in [3.8, 4) is 0 Å². The Morgan fingerprint density at radius 1 is 0.778 bits per heavy atom. The molecule has 2 rings (SSSR count). The van der Waals surface area contributed by atoms with E-state index in [0.29, 0.717) is 0 Å². The second-order valence-electron chi connectivity index (χ2n) is 2.46. The molecular weight excluding hydrogens is 356 g/mol. The molecule has 0 spiro atoms. The van der Waals surface area contributed by atoms with E-state index in [4.69, 9.17) is 19.4 Å². The fourth-order valence-corrected chi connectivity index (χ4v) is 0.625. The van der Waals surface area contributed by atoms with Crippen molar-refractivity contribution in [3.05, 3.63) is 68.6 Å². The van der Waals surface area contributed by atoms with Crippen LogP contribution < -0.4 is 0 Å². The Kier molecular flexibility index (Phi) is 17.9. The Morgan fingerprint density at radius 2 is 1.06 bits per heavy atom. The maximum absolute atomic E-state index is 5.32. The van der Waals surface area contributed by atoms with E-state index < -0.39 is 13.5 Å². The summed E-state index contributed by atoms with van der Waals surface area (Å²) in [6.45, 7) is 1.87. The van der Waals surface area contributed by atoms with Crippen molar-refractivity contribution in [2.45, 2.75) is 6.92 Å². The summed E-state index contributed by atoms with van der Waals surface area (Å²) in [6.07, 6.45) is 7.00. The summed E-state index contributed by atoms with van der Waals surface area (Å²) in [6, 6.07) is 11.4. The van der Waals surface area contributed by atoms with Crippen LogP contribution in [0.15, 0.2) is 61.2 Å². The van der Waals surface area contributed by atoms with E-state index in [1.807, 2.05) is 47.9 Å². The van der Waals surface area contributed by atoms with Crippen molar-refractivity contribution in [2.24, 2.45) is 0 Å². The average Bonchev–Trinajstić information content (AvgIpc) is 2.44. The minimum Gasteiger partial charge on any atom is -0.358 e. The van der Waals surface area contributed by atoms with Gasteiger partial charge in [0, 0.05) is 24.8 Å². The van der Waals surface area contributed by atoms with E-state index in [-0.39, 0.29) is 7.43 Å². The standard InChI is InChI=1S/2C5H5N.C2H4.CH3.2ClH.Ru/c2*1-2-4-6-5-3-1;1-2;;;;/h2*1-5H;1H,2H3;1H3;2*1H;/q;;;-1;;;+2/p-2. The topological polar surface area (TPSA) is 25.8 Å². The smallest absolute Gasteiger partial charge is 0.0267 e. The molecule has 5 heteroatoms. The molecule has 2 nitrogen and oxygen atoms in total. The van der Waals surface area contributed by atoms with E-state index in [0.717, 1.165) is 0 Å². The van der Waals surface area contributed by atoms with Gasteiger partial charge in [0.05, 0.1) is 0 Å². The molecule has 0 amide bonds. The quantitative estimate of drug-likeness (QED) is 0.507. The number of hydrogen-bond donors (Lipinski definition) is 0. The van der Waals surface area contributed by atoms with Gasteiger partial charge < -0.3 is 7.43 Å². The zero-order chi connectivity index (χ0) is 12.8. The van der Waals surface area contributed by atoms with Crippen LogP contribution in [0.2, 0.25) is 0 Å². The molecule has 2 aromatic heterocycles. The van der Waals surface area contributed by atoms with Crippen LogP contribution in [0.4, 0.5) is 0 Å². The number of nitrogens with zero attached hydrogens (tertiary/aromatic N) is 2. The maximum Gasteiger partial charge on any atom is 0.0267 e. The number of halogens is 2. The molecule has 0 atom stereocenters. The Morgan fingerprint density at radius 3 is 1.11 bits per heavy atom. The number of aromatic nitrogens is 2. The molecule has 102 valence electrons. The van der Waals surface area contributed by atoms with Crippen molar-refractivity contribution in [1.82, 2.24) is 9.97 Å². The van der Waals surface area contributed by atoms with Crippen LogP contribution >= 0.6 is 19.4 Å². The van der Waals surface area contributed by atoms with Crippen molar-refractivity contribution < 1.29 is 13.5 Å². The number of pyridine rings is 2. The molecule has 0 aromatic carbocycles. The largest absolute Gasteiger partial charge is 0.358 e. The van der Waals surface area contributed by atoms with Gasteiger partial charge in [0.1, 0.15) is 0 Å². The molecular formula is C13H17Cl2N2Ru-. The molecule has 0 saturated heterocycles. The van der Waals surface area contributed by atoms with Gasteiger partial charge in [0.15, 0.2) is 0 Å². The molecule has 2 heterocycles. The second kappa shape index (κ2) is 16.4. The number of hydrogen-bond acceptors (Lipinski definition) is 2. The summed E-state index contributed by atoms with van der Waals surface area (Å²) in [5.74, 6) is 0. The van der Waals surface area contributed by atoms with Gasteiger partial charge in [-0.3, -0.25) is 9.97 Å². The van der Waals surface area contributed by atoms with Crippen LogP contribution in [0.5, 0.6) is 0 Å². The molecule has 0 radical (unpaired) electrons. The van der Waals surface area contributed by atoms with Crippen LogP contribution in [-0.4, -0.2) is 14.6 Å². The predicted molar refractivity (Wildman–Crippen MR) is 78.3 cm³/mol. The van der Waals surface area contributed by atoms with E-state index in [1.165, 1.54) is 0 Å². The molecule has 0 N–H and O–H groups in total. The van der Waals surface area contributed by atoms with Crippen LogP contribution in [0.25, 0.3) is 0 Å². The van der Waals surface area contributed by atoms with Gasteiger partial charge in [-0.1, -0.05) is 12.1 Å². The Labute approximate surface area is 123 Å². The van der Waals surface area contributed by atoms with Crippen LogP contribution in [-0.2, 0) is 13.5 Å². The third kappa shape index (κ3) is 17.8. The monoisotopic (exact) mass is 373 g/mol. The first-order valence-electron chi connectivity index (χ1n) is 4.75. The van der Waals surface area contributed by atoms with E-state index >= 15 is 0 Å². The average molecular weight is 373 g/mol. The molecule has 0 unspecified atom stereocenters. The summed E-state index contributed by atoms with van der Waals surface area (Å²) >= 11 is -1.36. The maximum atomic E-state index is 5.32. The zero-order valence-corrected chi connectivity index (χ0v) is 13.6. The van der Waals surface area contributed by atoms with Gasteiger partial charge in [0.25, 0.3) is 0 Å². The molecule has 0 bridgehead atoms. The Bertz CT molecular complexity index is 294. The van der Waals surface area contributed by atoms with E-state index in [9.17, 15) is 0 Å². The first-order chi connectivity index (χ1) is 8.27. The van der Waals surface area contributed by atoms with Gasteiger partial charge >= 0.3 is 44.4 Å². The van der Waals surface area contributed by atoms with Gasteiger partial charge in [-0.15, -0.1) is 0 Å². The molecule has 2 aromatic rings. The minimum atomic E-state index is -1.36. The fourth-order valence-electron chi connectivity index (χ4n) is 0.625. The van der Waals surface area contributed by atoms with Crippen LogP contribution in [0, 0.1) is 7.43 Å². The first-order valence-corrected chi connectivity index (χ1v) is 10.2. The summed E-state index contributed by atoms with van der Waals surface area (Å²) in [5.41, 5.74) is 0. The van der Waals surface area contributed by atoms with Gasteiger partial charge in [-0.05, 0) is 24.3 Å². The minimum absolute atomic E-state index is 0. The zero-order valence-electron chi connectivity index (χ0n) is 10.4. The molecule has 18 heavy (non-hydrogen) atoms. The summed E-state index contributed by atoms with van der Waals surface area (Å²) in [7, 11) is 10.6. The molecule has 0 fully saturated rings. The van der Waals surface area contributed by atoms with Crippen molar-refractivity contribution in [3.63, 3.8) is 0 Å². The number of rotatable bonds is 0. The third-order valence-corrected chi connectivity index (χ3v) is 3.87. The summed E-state index contributed by atoms with van der Waals surface area (Å²) in [5, 5.41) is 0. The predicted octanol–water partition coefficient (Wildman–Crippen LogP) is 4.35. The molecule has 0 aliphatic heterocycles. The van der Waals surface area contributed by atoms with E-state index in [2.05, 4.69) is 9.97 Å². The van der Waals surface area contributed by atoms with Gasteiger partial charge in [0.2, 0.25) is 0 Å². The Balaban J connectivity index is 0. The normalized spacial score (nSPS) is 8.28. The second-order valence-corrected chi connectivity index (χ2v) is 8.68. The SMILES string of the molecule is C[CH]=[Ru]([Cl])[Cl].[CH3-].c1ccncc1.c1ccncc1. The van der Waals surface area contributed by atoms with Crippen molar-refractivity contribution in [1.29, 1.82) is 0 Å². The van der Waals surface area contributed by atoms with E-state index in [1.54, 1.807) is 24.8 Å². The first kappa shape index (κ1) is 19.7. The van der Waals surface area contributed by atoms with Crippen molar-refractivity contribution >= 4 is 24.0 Å².